The number of rotatable bonds is 1. The lowest BCUT2D eigenvalue weighted by Gasteiger charge is -2.26. The summed E-state index contributed by atoms with van der Waals surface area (Å²) >= 11 is 0. The second-order valence-electron chi connectivity index (χ2n) is 3.12. The average molecular weight is 156 g/mol. The van der Waals surface area contributed by atoms with Gasteiger partial charge >= 0.3 is 5.97 Å². The third-order valence-electron chi connectivity index (χ3n) is 2.26. The van der Waals surface area contributed by atoms with Crippen molar-refractivity contribution >= 4 is 5.97 Å². The molecule has 0 saturated carbocycles. The Hall–Kier alpha value is -0.990. The molecule has 0 bridgehead atoms. The Balaban J connectivity index is 2.92. The van der Waals surface area contributed by atoms with Crippen LogP contribution in [0.5, 0.6) is 0 Å². The lowest BCUT2D eigenvalue weighted by Crippen LogP contribution is -2.31. The summed E-state index contributed by atoms with van der Waals surface area (Å²) < 4.78 is 0. The molecule has 0 aliphatic heterocycles. The maximum atomic E-state index is 10.7. The number of carboxylic acid groups (broad SMARTS) is 1. The minimum Gasteiger partial charge on any atom is -0.511 e. The van der Waals surface area contributed by atoms with Crippen LogP contribution in [0, 0.1) is 5.41 Å². The van der Waals surface area contributed by atoms with E-state index >= 15 is 0 Å². The van der Waals surface area contributed by atoms with Crippen LogP contribution in [0.3, 0.4) is 0 Å². The molecule has 0 radical (unpaired) electrons. The summed E-state index contributed by atoms with van der Waals surface area (Å²) in [6.45, 7) is 1.56. The molecule has 3 heteroatoms. The molecule has 0 unspecified atom stereocenters. The fourth-order valence-corrected chi connectivity index (χ4v) is 1.26. The van der Waals surface area contributed by atoms with Crippen molar-refractivity contribution in [3.05, 3.63) is 11.8 Å². The van der Waals surface area contributed by atoms with Gasteiger partial charge in [0.05, 0.1) is 0 Å². The van der Waals surface area contributed by atoms with Crippen LogP contribution in [0.1, 0.15) is 26.2 Å². The van der Waals surface area contributed by atoms with E-state index in [1.165, 1.54) is 0 Å². The van der Waals surface area contributed by atoms with Gasteiger partial charge < -0.3 is 10.2 Å². The Bertz CT molecular complexity index is 207. The molecule has 2 N–H and O–H groups in total. The van der Waals surface area contributed by atoms with Crippen LogP contribution < -0.4 is 0 Å². The molecule has 62 valence electrons. The molecule has 3 nitrogen and oxygen atoms in total. The molecule has 0 spiro atoms. The van der Waals surface area contributed by atoms with Gasteiger partial charge in [0, 0.05) is 0 Å². The summed E-state index contributed by atoms with van der Waals surface area (Å²) in [4.78, 5) is 10.7. The van der Waals surface area contributed by atoms with Crippen LogP contribution in [0.15, 0.2) is 11.8 Å². The van der Waals surface area contributed by atoms with Gasteiger partial charge in [-0.25, -0.2) is 0 Å². The van der Waals surface area contributed by atoms with Gasteiger partial charge in [0.25, 0.3) is 0 Å². The van der Waals surface area contributed by atoms with Gasteiger partial charge in [-0.05, 0) is 32.3 Å². The van der Waals surface area contributed by atoms with E-state index in [-0.39, 0.29) is 5.76 Å². The first kappa shape index (κ1) is 8.11. The van der Waals surface area contributed by atoms with Crippen molar-refractivity contribution in [3.8, 4) is 0 Å². The average Bonchev–Trinajstić information content (AvgIpc) is 1.95. The maximum Gasteiger partial charge on any atom is 0.317 e. The quantitative estimate of drug-likeness (QED) is 0.607. The number of hydrogen-bond acceptors (Lipinski definition) is 2. The van der Waals surface area contributed by atoms with E-state index in [2.05, 4.69) is 0 Å². The second-order valence-corrected chi connectivity index (χ2v) is 3.12. The molecule has 0 aromatic carbocycles. The maximum absolute atomic E-state index is 10.7. The summed E-state index contributed by atoms with van der Waals surface area (Å²) in [5.74, 6) is -0.929. The van der Waals surface area contributed by atoms with E-state index in [0.29, 0.717) is 6.42 Å². The molecule has 0 aromatic rings. The number of aliphatic carboxylic acids is 1. The topological polar surface area (TPSA) is 57.5 Å². The SMILES string of the molecule is C[C@@]1(C(=O)O)CCCC=C1O. The van der Waals surface area contributed by atoms with Gasteiger partial charge in [0.1, 0.15) is 11.2 Å². The standard InChI is InChI=1S/C8H12O3/c1-8(7(10)11)5-3-2-4-6(8)9/h4,9H,2-3,5H2,1H3,(H,10,11)/t8-/m1/s1. The van der Waals surface area contributed by atoms with Gasteiger partial charge in [0.2, 0.25) is 0 Å². The van der Waals surface area contributed by atoms with Crippen LogP contribution in [-0.2, 0) is 4.79 Å². The first-order chi connectivity index (χ1) is 5.07. The largest absolute Gasteiger partial charge is 0.511 e. The van der Waals surface area contributed by atoms with Crippen LogP contribution in [0.25, 0.3) is 0 Å². The first-order valence-electron chi connectivity index (χ1n) is 3.70. The van der Waals surface area contributed by atoms with Crippen LogP contribution >= 0.6 is 0 Å². The number of allylic oxidation sites excluding steroid dienone is 1. The highest BCUT2D eigenvalue weighted by Gasteiger charge is 2.38. The smallest absolute Gasteiger partial charge is 0.317 e. The Morgan fingerprint density at radius 1 is 1.73 bits per heavy atom. The summed E-state index contributed by atoms with van der Waals surface area (Å²) in [5.41, 5.74) is -1.03. The van der Waals surface area contributed by atoms with Crippen molar-refractivity contribution in [2.75, 3.05) is 0 Å². The molecule has 0 saturated heterocycles. The van der Waals surface area contributed by atoms with E-state index in [4.69, 9.17) is 5.11 Å². The minimum absolute atomic E-state index is 0.0104. The lowest BCUT2D eigenvalue weighted by molar-refractivity contribution is -0.148. The Labute approximate surface area is 65.3 Å². The summed E-state index contributed by atoms with van der Waals surface area (Å²) in [6.07, 6.45) is 3.75. The Kier molecular flexibility index (Phi) is 1.89. The zero-order valence-electron chi connectivity index (χ0n) is 6.50. The van der Waals surface area contributed by atoms with Gasteiger partial charge in [0.15, 0.2) is 0 Å². The predicted molar refractivity (Wildman–Crippen MR) is 40.3 cm³/mol. The summed E-state index contributed by atoms with van der Waals surface area (Å²) in [7, 11) is 0. The first-order valence-corrected chi connectivity index (χ1v) is 3.70. The van der Waals surface area contributed by atoms with Gasteiger partial charge in [-0.1, -0.05) is 0 Å². The normalized spacial score (nSPS) is 31.2. The lowest BCUT2D eigenvalue weighted by atomic mass is 9.79. The van der Waals surface area contributed by atoms with E-state index in [1.54, 1.807) is 13.0 Å². The number of aliphatic hydroxyl groups is 1. The van der Waals surface area contributed by atoms with Gasteiger partial charge in [-0.3, -0.25) is 4.79 Å². The minimum atomic E-state index is -1.03. The molecule has 1 aliphatic carbocycles. The van der Waals surface area contributed by atoms with Crippen molar-refractivity contribution in [3.63, 3.8) is 0 Å². The van der Waals surface area contributed by atoms with Crippen LogP contribution in [0.4, 0.5) is 0 Å². The van der Waals surface area contributed by atoms with Crippen LogP contribution in [0.2, 0.25) is 0 Å². The molecule has 11 heavy (non-hydrogen) atoms. The monoisotopic (exact) mass is 156 g/mol. The van der Waals surface area contributed by atoms with Crippen molar-refractivity contribution in [1.29, 1.82) is 0 Å². The molecular formula is C8H12O3. The fourth-order valence-electron chi connectivity index (χ4n) is 1.26. The van der Waals surface area contributed by atoms with Crippen molar-refractivity contribution < 1.29 is 15.0 Å². The van der Waals surface area contributed by atoms with Gasteiger partial charge in [-0.2, -0.15) is 0 Å². The highest BCUT2D eigenvalue weighted by Crippen LogP contribution is 2.35. The van der Waals surface area contributed by atoms with E-state index in [1.807, 2.05) is 0 Å². The predicted octanol–water partition coefficient (Wildman–Crippen LogP) is 1.70. The second kappa shape index (κ2) is 2.57. The fraction of sp³-hybridized carbons (Fsp3) is 0.625. The summed E-state index contributed by atoms with van der Waals surface area (Å²) in [6, 6.07) is 0. The number of carbonyl (C=O) groups is 1. The Morgan fingerprint density at radius 2 is 2.36 bits per heavy atom. The van der Waals surface area contributed by atoms with E-state index in [0.717, 1.165) is 12.8 Å². The molecule has 0 aromatic heterocycles. The Morgan fingerprint density at radius 3 is 2.73 bits per heavy atom. The van der Waals surface area contributed by atoms with Crippen molar-refractivity contribution in [2.45, 2.75) is 26.2 Å². The molecule has 0 amide bonds. The third-order valence-corrected chi connectivity index (χ3v) is 2.26. The van der Waals surface area contributed by atoms with E-state index < -0.39 is 11.4 Å². The number of aliphatic hydroxyl groups excluding tert-OH is 1. The van der Waals surface area contributed by atoms with Crippen molar-refractivity contribution in [1.82, 2.24) is 0 Å². The third kappa shape index (κ3) is 1.23. The molecule has 0 heterocycles. The molecular weight excluding hydrogens is 144 g/mol. The molecule has 1 atom stereocenters. The zero-order chi connectivity index (χ0) is 8.48. The zero-order valence-corrected chi connectivity index (χ0v) is 6.50. The highest BCUT2D eigenvalue weighted by molar-refractivity contribution is 5.77. The summed E-state index contributed by atoms with van der Waals surface area (Å²) in [5, 5.41) is 18.0. The van der Waals surface area contributed by atoms with E-state index in [9.17, 15) is 9.90 Å². The number of carboxylic acids is 1. The molecule has 1 aliphatic rings. The van der Waals surface area contributed by atoms with Crippen LogP contribution in [-0.4, -0.2) is 16.2 Å². The van der Waals surface area contributed by atoms with Gasteiger partial charge in [-0.15, -0.1) is 0 Å². The number of hydrogen-bond donors (Lipinski definition) is 2. The highest BCUT2D eigenvalue weighted by atomic mass is 16.4. The van der Waals surface area contributed by atoms with Crippen molar-refractivity contribution in [2.24, 2.45) is 5.41 Å². The molecule has 1 rings (SSSR count). The molecule has 0 fully saturated rings.